The third-order valence-electron chi connectivity index (χ3n) is 2.91. The molecule has 2 aromatic carbocycles. The highest BCUT2D eigenvalue weighted by Gasteiger charge is 2.12. The van der Waals surface area contributed by atoms with Crippen molar-refractivity contribution in [3.05, 3.63) is 54.2 Å². The Morgan fingerprint density at radius 2 is 2.05 bits per heavy atom. The van der Waals surface area contributed by atoms with E-state index >= 15 is 0 Å². The van der Waals surface area contributed by atoms with E-state index in [2.05, 4.69) is 10.5 Å². The average Bonchev–Trinajstić information content (AvgIpc) is 2.82. The second kappa shape index (κ2) is 5.05. The fourth-order valence-corrected chi connectivity index (χ4v) is 2.01. The van der Waals surface area contributed by atoms with Crippen molar-refractivity contribution in [2.75, 3.05) is 5.32 Å². The molecule has 100 valence electrons. The molecule has 0 saturated carbocycles. The molecule has 2 N–H and O–H groups in total. The molecule has 0 bridgehead atoms. The summed E-state index contributed by atoms with van der Waals surface area (Å²) >= 11 is 0. The highest BCUT2D eigenvalue weighted by atomic mass is 16.5. The first-order valence-corrected chi connectivity index (χ1v) is 6.14. The number of nitrogens with one attached hydrogen (secondary N) is 1. The Morgan fingerprint density at radius 1 is 1.20 bits per heavy atom. The summed E-state index contributed by atoms with van der Waals surface area (Å²) in [6, 6.07) is 13.8. The molecule has 0 unspecified atom stereocenters. The molecule has 1 aromatic heterocycles. The summed E-state index contributed by atoms with van der Waals surface area (Å²) in [5.41, 5.74) is 1.80. The largest absolute Gasteiger partial charge is 0.508 e. The van der Waals surface area contributed by atoms with Crippen LogP contribution in [0.3, 0.4) is 0 Å². The van der Waals surface area contributed by atoms with E-state index < -0.39 is 0 Å². The van der Waals surface area contributed by atoms with E-state index in [1.165, 1.54) is 6.07 Å². The van der Waals surface area contributed by atoms with E-state index in [0.717, 1.165) is 5.39 Å². The lowest BCUT2D eigenvalue weighted by atomic mass is 10.1. The summed E-state index contributed by atoms with van der Waals surface area (Å²) in [5, 5.41) is 16.8. The number of carbonyl (C=O) groups excluding carboxylic acids is 1. The average molecular weight is 268 g/mol. The zero-order chi connectivity index (χ0) is 13.9. The van der Waals surface area contributed by atoms with E-state index in [1.807, 2.05) is 18.2 Å². The minimum atomic E-state index is -0.213. The predicted molar refractivity (Wildman–Crippen MR) is 74.4 cm³/mol. The summed E-state index contributed by atoms with van der Waals surface area (Å²) in [7, 11) is 0. The number of carbonyl (C=O) groups is 1. The van der Waals surface area contributed by atoms with Gasteiger partial charge < -0.3 is 14.9 Å². The van der Waals surface area contributed by atoms with Crippen LogP contribution in [0.4, 0.5) is 5.69 Å². The Labute approximate surface area is 114 Å². The van der Waals surface area contributed by atoms with Crippen molar-refractivity contribution in [3.8, 4) is 5.75 Å². The number of hydrogen-bond acceptors (Lipinski definition) is 4. The normalized spacial score (nSPS) is 10.6. The van der Waals surface area contributed by atoms with Crippen molar-refractivity contribution in [2.45, 2.75) is 6.42 Å². The van der Waals surface area contributed by atoms with Gasteiger partial charge in [-0.1, -0.05) is 23.4 Å². The number of rotatable bonds is 3. The molecule has 0 aliphatic heterocycles. The van der Waals surface area contributed by atoms with Crippen molar-refractivity contribution >= 4 is 22.6 Å². The fourth-order valence-electron chi connectivity index (χ4n) is 2.01. The lowest BCUT2D eigenvalue weighted by Crippen LogP contribution is -2.14. The molecule has 0 saturated heterocycles. The highest BCUT2D eigenvalue weighted by Crippen LogP contribution is 2.19. The van der Waals surface area contributed by atoms with Crippen molar-refractivity contribution in [1.29, 1.82) is 0 Å². The maximum atomic E-state index is 12.0. The van der Waals surface area contributed by atoms with Crippen LogP contribution in [-0.4, -0.2) is 16.2 Å². The van der Waals surface area contributed by atoms with Gasteiger partial charge in [0.05, 0.1) is 6.42 Å². The summed E-state index contributed by atoms with van der Waals surface area (Å²) < 4.78 is 5.15. The summed E-state index contributed by atoms with van der Waals surface area (Å²) in [6.45, 7) is 0. The molecule has 0 aliphatic carbocycles. The quantitative estimate of drug-likeness (QED) is 0.765. The molecule has 0 spiro atoms. The van der Waals surface area contributed by atoms with E-state index in [4.69, 9.17) is 4.52 Å². The molecular weight excluding hydrogens is 256 g/mol. The molecule has 0 radical (unpaired) electrons. The number of fused-ring (bicyclic) bond motifs is 1. The Balaban J connectivity index is 1.76. The van der Waals surface area contributed by atoms with Crippen molar-refractivity contribution in [3.63, 3.8) is 0 Å². The lowest BCUT2D eigenvalue weighted by molar-refractivity contribution is -0.115. The van der Waals surface area contributed by atoms with Gasteiger partial charge in [0.2, 0.25) is 5.91 Å². The third kappa shape index (κ3) is 2.47. The number of para-hydroxylation sites is 1. The van der Waals surface area contributed by atoms with Crippen LogP contribution in [0.5, 0.6) is 5.75 Å². The summed E-state index contributed by atoms with van der Waals surface area (Å²) in [6.07, 6.45) is 0.118. The van der Waals surface area contributed by atoms with Gasteiger partial charge in [-0.3, -0.25) is 4.79 Å². The van der Waals surface area contributed by atoms with Crippen LogP contribution in [0.25, 0.3) is 11.0 Å². The first kappa shape index (κ1) is 12.2. The number of phenolic OH excluding ortho intramolecular Hbond substituents is 1. The van der Waals surface area contributed by atoms with Gasteiger partial charge in [-0.25, -0.2) is 0 Å². The minimum absolute atomic E-state index is 0.106. The van der Waals surface area contributed by atoms with Gasteiger partial charge in [-0.2, -0.15) is 0 Å². The molecular formula is C15H12N2O3. The highest BCUT2D eigenvalue weighted by molar-refractivity contribution is 5.94. The fraction of sp³-hybridized carbons (Fsp3) is 0.0667. The van der Waals surface area contributed by atoms with Gasteiger partial charge >= 0.3 is 0 Å². The molecule has 5 heteroatoms. The number of benzene rings is 2. The number of anilines is 1. The van der Waals surface area contributed by atoms with Crippen LogP contribution >= 0.6 is 0 Å². The van der Waals surface area contributed by atoms with Crippen LogP contribution in [0.15, 0.2) is 53.1 Å². The second-order valence-corrected chi connectivity index (χ2v) is 4.40. The number of hydrogen-bond donors (Lipinski definition) is 2. The predicted octanol–water partition coefficient (Wildman–Crippen LogP) is 2.71. The van der Waals surface area contributed by atoms with Crippen LogP contribution in [0.1, 0.15) is 5.69 Å². The second-order valence-electron chi connectivity index (χ2n) is 4.40. The van der Waals surface area contributed by atoms with Crippen molar-refractivity contribution in [2.24, 2.45) is 0 Å². The SMILES string of the molecule is O=C(Cc1noc2ccccc12)Nc1cccc(O)c1. The smallest absolute Gasteiger partial charge is 0.230 e. The van der Waals surface area contributed by atoms with Gasteiger partial charge in [0.25, 0.3) is 0 Å². The first-order valence-electron chi connectivity index (χ1n) is 6.14. The molecule has 1 heterocycles. The molecule has 1 amide bonds. The van der Waals surface area contributed by atoms with Gasteiger partial charge in [0.15, 0.2) is 5.58 Å². The molecule has 3 rings (SSSR count). The van der Waals surface area contributed by atoms with Gasteiger partial charge in [0, 0.05) is 17.1 Å². The van der Waals surface area contributed by atoms with Crippen molar-refractivity contribution < 1.29 is 14.4 Å². The number of nitrogens with zero attached hydrogens (tertiary/aromatic N) is 1. The van der Waals surface area contributed by atoms with Crippen LogP contribution in [0.2, 0.25) is 0 Å². The van der Waals surface area contributed by atoms with Gasteiger partial charge in [0.1, 0.15) is 11.4 Å². The van der Waals surface area contributed by atoms with Crippen LogP contribution in [-0.2, 0) is 11.2 Å². The first-order chi connectivity index (χ1) is 9.72. The Morgan fingerprint density at radius 3 is 2.90 bits per heavy atom. The van der Waals surface area contributed by atoms with Gasteiger partial charge in [-0.05, 0) is 24.3 Å². The minimum Gasteiger partial charge on any atom is -0.508 e. The Kier molecular flexibility index (Phi) is 3.09. The number of aromatic nitrogens is 1. The van der Waals surface area contributed by atoms with Crippen molar-refractivity contribution in [1.82, 2.24) is 5.16 Å². The Hall–Kier alpha value is -2.82. The van der Waals surface area contributed by atoms with E-state index in [-0.39, 0.29) is 18.1 Å². The lowest BCUT2D eigenvalue weighted by Gasteiger charge is -2.04. The summed E-state index contributed by atoms with van der Waals surface area (Å²) in [5.74, 6) is -0.107. The Bertz CT molecular complexity index is 764. The van der Waals surface area contributed by atoms with E-state index in [9.17, 15) is 9.90 Å². The standard InChI is InChI=1S/C15H12N2O3/c18-11-5-3-4-10(8-11)16-15(19)9-13-12-6-1-2-7-14(12)20-17-13/h1-8,18H,9H2,(H,16,19). The summed E-state index contributed by atoms with van der Waals surface area (Å²) in [4.78, 5) is 12.0. The monoisotopic (exact) mass is 268 g/mol. The molecule has 20 heavy (non-hydrogen) atoms. The number of amides is 1. The van der Waals surface area contributed by atoms with E-state index in [1.54, 1.807) is 24.3 Å². The molecule has 0 aliphatic rings. The molecule has 5 nitrogen and oxygen atoms in total. The third-order valence-corrected chi connectivity index (χ3v) is 2.91. The molecule has 0 fully saturated rings. The maximum absolute atomic E-state index is 12.0. The van der Waals surface area contributed by atoms with Crippen LogP contribution in [0, 0.1) is 0 Å². The molecule has 0 atom stereocenters. The number of phenols is 1. The zero-order valence-electron chi connectivity index (χ0n) is 10.5. The van der Waals surface area contributed by atoms with Gasteiger partial charge in [-0.15, -0.1) is 0 Å². The zero-order valence-corrected chi connectivity index (χ0v) is 10.5. The maximum Gasteiger partial charge on any atom is 0.230 e. The number of aromatic hydroxyl groups is 1. The molecule has 3 aromatic rings. The van der Waals surface area contributed by atoms with E-state index in [0.29, 0.717) is 17.0 Å². The van der Waals surface area contributed by atoms with Crippen LogP contribution < -0.4 is 5.32 Å². The topological polar surface area (TPSA) is 75.4 Å².